The second-order valence-electron chi connectivity index (χ2n) is 5.82. The first-order valence-corrected chi connectivity index (χ1v) is 7.59. The minimum Gasteiger partial charge on any atom is -0.359 e. The van der Waals surface area contributed by atoms with Crippen molar-refractivity contribution in [2.45, 2.75) is 38.6 Å². The first kappa shape index (κ1) is 16.9. The van der Waals surface area contributed by atoms with Gasteiger partial charge in [0.25, 0.3) is 11.8 Å². The van der Waals surface area contributed by atoms with E-state index in [2.05, 4.69) is 5.32 Å². The third kappa shape index (κ3) is 3.02. The predicted octanol–water partition coefficient (Wildman–Crippen LogP) is 1.50. The van der Waals surface area contributed by atoms with E-state index < -0.39 is 17.9 Å². The molecule has 0 spiro atoms. The zero-order valence-electron chi connectivity index (χ0n) is 13.5. The highest BCUT2D eigenvalue weighted by atomic mass is 16.2. The SMILES string of the molecule is CNC(=O)CCC(C=O)N1C(=O)c2cccc(C(C)C)c2C1=O. The van der Waals surface area contributed by atoms with Crippen molar-refractivity contribution in [3.8, 4) is 0 Å². The Balaban J connectivity index is 2.34. The molecule has 0 saturated carbocycles. The average Bonchev–Trinajstić information content (AvgIpc) is 2.80. The van der Waals surface area contributed by atoms with Crippen LogP contribution in [0.5, 0.6) is 0 Å². The molecule has 1 aromatic carbocycles. The van der Waals surface area contributed by atoms with E-state index in [1.807, 2.05) is 19.9 Å². The van der Waals surface area contributed by atoms with Gasteiger partial charge in [-0.05, 0) is 24.0 Å². The number of fused-ring (bicyclic) bond motifs is 1. The zero-order chi connectivity index (χ0) is 17.1. The van der Waals surface area contributed by atoms with Crippen molar-refractivity contribution in [3.05, 3.63) is 34.9 Å². The van der Waals surface area contributed by atoms with E-state index in [0.717, 1.165) is 10.5 Å². The molecule has 1 atom stereocenters. The first-order valence-electron chi connectivity index (χ1n) is 7.59. The molecule has 1 unspecified atom stereocenters. The Morgan fingerprint density at radius 3 is 2.52 bits per heavy atom. The molecule has 1 N–H and O–H groups in total. The van der Waals surface area contributed by atoms with E-state index in [1.54, 1.807) is 12.1 Å². The molecule has 3 amide bonds. The van der Waals surface area contributed by atoms with Crippen LogP contribution in [0.3, 0.4) is 0 Å². The van der Waals surface area contributed by atoms with Crippen LogP contribution in [0.1, 0.15) is 58.9 Å². The van der Waals surface area contributed by atoms with Gasteiger partial charge in [-0.1, -0.05) is 26.0 Å². The second kappa shape index (κ2) is 6.73. The Hall–Kier alpha value is -2.50. The van der Waals surface area contributed by atoms with Gasteiger partial charge < -0.3 is 10.1 Å². The summed E-state index contributed by atoms with van der Waals surface area (Å²) in [5.74, 6) is -1.08. The number of benzene rings is 1. The van der Waals surface area contributed by atoms with Crippen molar-refractivity contribution < 1.29 is 19.2 Å². The Morgan fingerprint density at radius 1 is 1.26 bits per heavy atom. The molecule has 6 nitrogen and oxygen atoms in total. The fourth-order valence-corrected chi connectivity index (χ4v) is 2.77. The normalized spacial score (nSPS) is 14.9. The first-order chi connectivity index (χ1) is 10.9. The van der Waals surface area contributed by atoms with Crippen LogP contribution in [0.25, 0.3) is 0 Å². The number of carbonyl (C=O) groups is 4. The van der Waals surface area contributed by atoms with Gasteiger partial charge in [0.2, 0.25) is 5.91 Å². The molecule has 1 aliphatic rings. The van der Waals surface area contributed by atoms with E-state index >= 15 is 0 Å². The number of nitrogens with one attached hydrogen (secondary N) is 1. The molecule has 122 valence electrons. The quantitative estimate of drug-likeness (QED) is 0.637. The minimum atomic E-state index is -0.931. The average molecular weight is 316 g/mol. The lowest BCUT2D eigenvalue weighted by atomic mass is 9.94. The molecule has 1 aromatic rings. The van der Waals surface area contributed by atoms with Crippen molar-refractivity contribution in [2.75, 3.05) is 7.05 Å². The van der Waals surface area contributed by atoms with Crippen molar-refractivity contribution in [3.63, 3.8) is 0 Å². The Kier molecular flexibility index (Phi) is 4.93. The lowest BCUT2D eigenvalue weighted by Crippen LogP contribution is -2.41. The van der Waals surface area contributed by atoms with Gasteiger partial charge in [0.1, 0.15) is 6.29 Å². The number of carbonyl (C=O) groups excluding carboxylic acids is 4. The second-order valence-corrected chi connectivity index (χ2v) is 5.82. The molecule has 0 fully saturated rings. The number of nitrogens with zero attached hydrogens (tertiary/aromatic N) is 1. The van der Waals surface area contributed by atoms with Crippen LogP contribution < -0.4 is 5.32 Å². The van der Waals surface area contributed by atoms with Crippen molar-refractivity contribution >= 4 is 24.0 Å². The summed E-state index contributed by atoms with van der Waals surface area (Å²) in [6, 6.07) is 4.23. The summed E-state index contributed by atoms with van der Waals surface area (Å²) in [6.45, 7) is 3.89. The van der Waals surface area contributed by atoms with Gasteiger partial charge in [-0.2, -0.15) is 0 Å². The maximum Gasteiger partial charge on any atom is 0.262 e. The molecule has 0 aromatic heterocycles. The number of imide groups is 1. The summed E-state index contributed by atoms with van der Waals surface area (Å²) in [5.41, 5.74) is 1.49. The maximum absolute atomic E-state index is 12.7. The van der Waals surface area contributed by atoms with Gasteiger partial charge in [-0.15, -0.1) is 0 Å². The molecule has 0 radical (unpaired) electrons. The Morgan fingerprint density at radius 2 is 1.96 bits per heavy atom. The number of hydrogen-bond donors (Lipinski definition) is 1. The molecular formula is C17H20N2O4. The van der Waals surface area contributed by atoms with Crippen LogP contribution >= 0.6 is 0 Å². The summed E-state index contributed by atoms with van der Waals surface area (Å²) in [6.07, 6.45) is 0.746. The molecule has 23 heavy (non-hydrogen) atoms. The van der Waals surface area contributed by atoms with E-state index in [4.69, 9.17) is 0 Å². The minimum absolute atomic E-state index is 0.0738. The fraction of sp³-hybridized carbons (Fsp3) is 0.412. The smallest absolute Gasteiger partial charge is 0.262 e. The van der Waals surface area contributed by atoms with Gasteiger partial charge in [-0.3, -0.25) is 19.3 Å². The third-order valence-corrected chi connectivity index (χ3v) is 4.04. The zero-order valence-corrected chi connectivity index (χ0v) is 13.5. The highest BCUT2D eigenvalue weighted by molar-refractivity contribution is 6.23. The van der Waals surface area contributed by atoms with Crippen LogP contribution in [0.4, 0.5) is 0 Å². The van der Waals surface area contributed by atoms with E-state index in [9.17, 15) is 19.2 Å². The summed E-state index contributed by atoms with van der Waals surface area (Å²) < 4.78 is 0. The van der Waals surface area contributed by atoms with E-state index in [-0.39, 0.29) is 24.7 Å². The van der Waals surface area contributed by atoms with Gasteiger partial charge >= 0.3 is 0 Å². The van der Waals surface area contributed by atoms with Gasteiger partial charge in [0, 0.05) is 13.5 Å². The molecule has 1 heterocycles. The van der Waals surface area contributed by atoms with Crippen molar-refractivity contribution in [1.82, 2.24) is 10.2 Å². The van der Waals surface area contributed by atoms with Crippen molar-refractivity contribution in [2.24, 2.45) is 0 Å². The van der Waals surface area contributed by atoms with Crippen LogP contribution in [0.15, 0.2) is 18.2 Å². The highest BCUT2D eigenvalue weighted by Gasteiger charge is 2.41. The van der Waals surface area contributed by atoms with Gasteiger partial charge in [0.05, 0.1) is 17.2 Å². The molecule has 0 aliphatic carbocycles. The van der Waals surface area contributed by atoms with Crippen LogP contribution in [-0.4, -0.2) is 42.0 Å². The largest absolute Gasteiger partial charge is 0.359 e. The summed E-state index contributed by atoms with van der Waals surface area (Å²) in [7, 11) is 1.50. The molecule has 2 rings (SSSR count). The summed E-state index contributed by atoms with van der Waals surface area (Å²) >= 11 is 0. The number of rotatable bonds is 6. The van der Waals surface area contributed by atoms with Gasteiger partial charge in [0.15, 0.2) is 0 Å². The van der Waals surface area contributed by atoms with Gasteiger partial charge in [-0.25, -0.2) is 0 Å². The van der Waals surface area contributed by atoms with Crippen LogP contribution in [-0.2, 0) is 9.59 Å². The predicted molar refractivity (Wildman–Crippen MR) is 84.2 cm³/mol. The maximum atomic E-state index is 12.7. The van der Waals surface area contributed by atoms with E-state index in [0.29, 0.717) is 17.4 Å². The monoisotopic (exact) mass is 316 g/mol. The van der Waals surface area contributed by atoms with Crippen molar-refractivity contribution in [1.29, 1.82) is 0 Å². The standard InChI is InChI=1S/C17H20N2O4/c1-10(2)12-5-4-6-13-15(12)17(23)19(16(13)22)11(9-20)7-8-14(21)18-3/h4-6,9-11H,7-8H2,1-3H3,(H,18,21). The molecule has 1 aliphatic heterocycles. The summed E-state index contributed by atoms with van der Waals surface area (Å²) in [4.78, 5) is 48.9. The number of aldehydes is 1. The Bertz CT molecular complexity index is 667. The summed E-state index contributed by atoms with van der Waals surface area (Å²) in [5, 5.41) is 2.46. The van der Waals surface area contributed by atoms with E-state index in [1.165, 1.54) is 7.05 Å². The highest BCUT2D eigenvalue weighted by Crippen LogP contribution is 2.31. The Labute approximate surface area is 134 Å². The molecule has 0 saturated heterocycles. The third-order valence-electron chi connectivity index (χ3n) is 4.04. The fourth-order valence-electron chi connectivity index (χ4n) is 2.77. The molecular weight excluding hydrogens is 296 g/mol. The lowest BCUT2D eigenvalue weighted by Gasteiger charge is -2.21. The number of hydrogen-bond acceptors (Lipinski definition) is 4. The topological polar surface area (TPSA) is 83.6 Å². The van der Waals surface area contributed by atoms with Crippen LogP contribution in [0, 0.1) is 0 Å². The van der Waals surface area contributed by atoms with Crippen LogP contribution in [0.2, 0.25) is 0 Å². The molecule has 6 heteroatoms. The lowest BCUT2D eigenvalue weighted by molar-refractivity contribution is -0.121. The molecule has 0 bridgehead atoms. The number of amides is 3.